The molecule has 0 atom stereocenters. The number of benzene rings is 2. The molecular weight excluding hydrogens is 308 g/mol. The van der Waals surface area contributed by atoms with Gasteiger partial charge in [-0.1, -0.05) is 0 Å². The summed E-state index contributed by atoms with van der Waals surface area (Å²) < 4.78 is 11.7. The molecule has 2 aromatic heterocycles. The Balaban J connectivity index is 1.97. The van der Waals surface area contributed by atoms with Gasteiger partial charge in [-0.15, -0.1) is 5.10 Å². The molecule has 0 amide bonds. The zero-order valence-corrected chi connectivity index (χ0v) is 13.1. The van der Waals surface area contributed by atoms with Crippen LogP contribution in [0, 0.1) is 0 Å². The molecule has 0 aliphatic heterocycles. The summed E-state index contributed by atoms with van der Waals surface area (Å²) in [6.45, 7) is 0. The zero-order chi connectivity index (χ0) is 16.7. The largest absolute Gasteiger partial charge is 0.497 e. The first-order chi connectivity index (χ1) is 11.7. The highest BCUT2D eigenvalue weighted by Crippen LogP contribution is 2.24. The molecule has 24 heavy (non-hydrogen) atoms. The predicted molar refractivity (Wildman–Crippen MR) is 89.7 cm³/mol. The number of aromatic nitrogens is 4. The van der Waals surface area contributed by atoms with Gasteiger partial charge in [-0.25, -0.2) is 9.78 Å². The molecule has 0 spiro atoms. The number of H-pyrrole nitrogens is 1. The molecule has 2 aromatic carbocycles. The van der Waals surface area contributed by atoms with Crippen molar-refractivity contribution in [3.05, 3.63) is 52.9 Å². The van der Waals surface area contributed by atoms with Crippen molar-refractivity contribution in [2.75, 3.05) is 14.2 Å². The van der Waals surface area contributed by atoms with Gasteiger partial charge in [-0.05, 0) is 42.5 Å². The lowest BCUT2D eigenvalue weighted by Crippen LogP contribution is -2.17. The van der Waals surface area contributed by atoms with Crippen LogP contribution in [-0.2, 0) is 0 Å². The van der Waals surface area contributed by atoms with E-state index in [0.717, 1.165) is 16.7 Å². The van der Waals surface area contributed by atoms with Crippen LogP contribution in [0.3, 0.4) is 0 Å². The van der Waals surface area contributed by atoms with Gasteiger partial charge >= 0.3 is 5.69 Å². The van der Waals surface area contributed by atoms with Crippen molar-refractivity contribution in [2.24, 2.45) is 0 Å². The maximum absolute atomic E-state index is 12.2. The third-order valence-electron chi connectivity index (χ3n) is 3.86. The quantitative estimate of drug-likeness (QED) is 0.625. The van der Waals surface area contributed by atoms with Gasteiger partial charge in [0.1, 0.15) is 11.5 Å². The van der Waals surface area contributed by atoms with Crippen molar-refractivity contribution >= 4 is 16.6 Å². The second-order valence-electron chi connectivity index (χ2n) is 5.24. The third-order valence-corrected chi connectivity index (χ3v) is 3.86. The molecule has 0 aliphatic carbocycles. The second-order valence-corrected chi connectivity index (χ2v) is 5.24. The van der Waals surface area contributed by atoms with Crippen LogP contribution in [-0.4, -0.2) is 33.8 Å². The second kappa shape index (κ2) is 5.38. The SMILES string of the molecule is COc1ccc(-c2nc3c4cc(OC)ccc4[nH]c(=O)n3n2)cc1. The van der Waals surface area contributed by atoms with Crippen LogP contribution in [0.25, 0.3) is 27.9 Å². The molecule has 2 heterocycles. The highest BCUT2D eigenvalue weighted by molar-refractivity contribution is 5.92. The molecule has 1 N–H and O–H groups in total. The van der Waals surface area contributed by atoms with Crippen LogP contribution >= 0.6 is 0 Å². The highest BCUT2D eigenvalue weighted by Gasteiger charge is 2.13. The Morgan fingerprint density at radius 1 is 1.00 bits per heavy atom. The molecule has 0 saturated carbocycles. The number of hydrogen-bond donors (Lipinski definition) is 1. The normalized spacial score (nSPS) is 11.1. The van der Waals surface area contributed by atoms with E-state index in [2.05, 4.69) is 15.1 Å². The highest BCUT2D eigenvalue weighted by atomic mass is 16.5. The number of fused-ring (bicyclic) bond motifs is 3. The first-order valence-electron chi connectivity index (χ1n) is 7.31. The van der Waals surface area contributed by atoms with Crippen LogP contribution in [0.1, 0.15) is 0 Å². The molecule has 0 fully saturated rings. The lowest BCUT2D eigenvalue weighted by atomic mass is 10.2. The van der Waals surface area contributed by atoms with Gasteiger partial charge in [0.2, 0.25) is 0 Å². The van der Waals surface area contributed by atoms with Crippen LogP contribution < -0.4 is 15.2 Å². The van der Waals surface area contributed by atoms with E-state index in [1.54, 1.807) is 26.4 Å². The Morgan fingerprint density at radius 3 is 2.42 bits per heavy atom. The molecule has 0 radical (unpaired) electrons. The summed E-state index contributed by atoms with van der Waals surface area (Å²) in [6, 6.07) is 12.8. The summed E-state index contributed by atoms with van der Waals surface area (Å²) in [4.78, 5) is 19.6. The summed E-state index contributed by atoms with van der Waals surface area (Å²) >= 11 is 0. The predicted octanol–water partition coefficient (Wildman–Crippen LogP) is 2.25. The Labute approximate surface area is 136 Å². The third kappa shape index (κ3) is 2.18. The van der Waals surface area contributed by atoms with E-state index >= 15 is 0 Å². The van der Waals surface area contributed by atoms with Gasteiger partial charge in [0, 0.05) is 10.9 Å². The fourth-order valence-corrected chi connectivity index (χ4v) is 2.60. The first-order valence-corrected chi connectivity index (χ1v) is 7.31. The number of hydrogen-bond acceptors (Lipinski definition) is 5. The molecule has 4 rings (SSSR count). The molecule has 0 aliphatic rings. The maximum Gasteiger partial charge on any atom is 0.348 e. The molecule has 0 bridgehead atoms. The minimum Gasteiger partial charge on any atom is -0.497 e. The number of methoxy groups -OCH3 is 2. The standard InChI is InChI=1S/C17H14N4O3/c1-23-11-5-3-10(4-6-11)15-19-16-13-9-12(24-2)7-8-14(13)18-17(22)21(16)20-15/h3-9H,1-2H3,(H,18,22). The minimum absolute atomic E-state index is 0.338. The van der Waals surface area contributed by atoms with Crippen LogP contribution in [0.5, 0.6) is 11.5 Å². The van der Waals surface area contributed by atoms with Gasteiger partial charge in [0.05, 0.1) is 19.7 Å². The summed E-state index contributed by atoms with van der Waals surface area (Å²) in [5, 5.41) is 5.09. The van der Waals surface area contributed by atoms with Gasteiger partial charge in [0.25, 0.3) is 0 Å². The topological polar surface area (TPSA) is 81.5 Å². The summed E-state index contributed by atoms with van der Waals surface area (Å²) in [6.07, 6.45) is 0. The monoisotopic (exact) mass is 322 g/mol. The zero-order valence-electron chi connectivity index (χ0n) is 13.1. The smallest absolute Gasteiger partial charge is 0.348 e. The van der Waals surface area contributed by atoms with Crippen LogP contribution in [0.4, 0.5) is 0 Å². The van der Waals surface area contributed by atoms with Crippen molar-refractivity contribution in [3.63, 3.8) is 0 Å². The van der Waals surface area contributed by atoms with E-state index in [-0.39, 0.29) is 5.69 Å². The van der Waals surface area contributed by atoms with Gasteiger partial charge in [-0.3, -0.25) is 0 Å². The van der Waals surface area contributed by atoms with E-state index < -0.39 is 0 Å². The van der Waals surface area contributed by atoms with E-state index in [0.29, 0.717) is 22.7 Å². The molecule has 0 saturated heterocycles. The average molecular weight is 322 g/mol. The molecule has 7 nitrogen and oxygen atoms in total. The van der Waals surface area contributed by atoms with E-state index in [1.165, 1.54) is 4.52 Å². The van der Waals surface area contributed by atoms with E-state index in [4.69, 9.17) is 9.47 Å². The van der Waals surface area contributed by atoms with Crippen molar-refractivity contribution in [3.8, 4) is 22.9 Å². The molecule has 0 unspecified atom stereocenters. The summed E-state index contributed by atoms with van der Waals surface area (Å²) in [5.74, 6) is 1.90. The molecule has 4 aromatic rings. The van der Waals surface area contributed by atoms with Crippen molar-refractivity contribution in [1.82, 2.24) is 19.6 Å². The molecule has 120 valence electrons. The average Bonchev–Trinajstić information content (AvgIpc) is 3.08. The lowest BCUT2D eigenvalue weighted by molar-refractivity contribution is 0.415. The van der Waals surface area contributed by atoms with Gasteiger partial charge < -0.3 is 14.5 Å². The van der Waals surface area contributed by atoms with Crippen molar-refractivity contribution < 1.29 is 9.47 Å². The first kappa shape index (κ1) is 14.3. The number of nitrogens with zero attached hydrogens (tertiary/aromatic N) is 3. The fraction of sp³-hybridized carbons (Fsp3) is 0.118. The number of aromatic amines is 1. The van der Waals surface area contributed by atoms with Crippen molar-refractivity contribution in [2.45, 2.75) is 0 Å². The Hall–Kier alpha value is -3.35. The van der Waals surface area contributed by atoms with E-state index in [9.17, 15) is 4.79 Å². The lowest BCUT2D eigenvalue weighted by Gasteiger charge is -2.02. The number of rotatable bonds is 3. The Kier molecular flexibility index (Phi) is 3.19. The van der Waals surface area contributed by atoms with E-state index in [1.807, 2.05) is 30.3 Å². The molecular formula is C17H14N4O3. The number of ether oxygens (including phenoxy) is 2. The molecule has 7 heteroatoms. The van der Waals surface area contributed by atoms with Crippen LogP contribution in [0.2, 0.25) is 0 Å². The Morgan fingerprint density at radius 2 is 1.71 bits per heavy atom. The van der Waals surface area contributed by atoms with Gasteiger partial charge in [-0.2, -0.15) is 4.52 Å². The Bertz CT molecular complexity index is 1100. The minimum atomic E-state index is -0.338. The van der Waals surface area contributed by atoms with Crippen molar-refractivity contribution in [1.29, 1.82) is 0 Å². The summed E-state index contributed by atoms with van der Waals surface area (Å²) in [5.41, 5.74) is 1.63. The fourth-order valence-electron chi connectivity index (χ4n) is 2.60. The van der Waals surface area contributed by atoms with Crippen LogP contribution in [0.15, 0.2) is 47.3 Å². The maximum atomic E-state index is 12.2. The van der Waals surface area contributed by atoms with Gasteiger partial charge in [0.15, 0.2) is 11.5 Å². The number of nitrogens with one attached hydrogen (secondary N) is 1. The summed E-state index contributed by atoms with van der Waals surface area (Å²) in [7, 11) is 3.20.